The minimum atomic E-state index is -0.338. The van der Waals surface area contributed by atoms with E-state index in [2.05, 4.69) is 10.4 Å². The molecule has 0 saturated carbocycles. The predicted molar refractivity (Wildman–Crippen MR) is 57.8 cm³/mol. The zero-order valence-electron chi connectivity index (χ0n) is 8.29. The zero-order chi connectivity index (χ0) is 11.4. The lowest BCUT2D eigenvalue weighted by Gasteiger charge is -2.04. The van der Waals surface area contributed by atoms with E-state index in [4.69, 9.17) is 5.26 Å². The highest BCUT2D eigenvalue weighted by Crippen LogP contribution is 2.08. The summed E-state index contributed by atoms with van der Waals surface area (Å²) < 4.78 is 1.19. The van der Waals surface area contributed by atoms with Crippen molar-refractivity contribution in [2.24, 2.45) is 0 Å². The molecular formula is C11H8N4O. The van der Waals surface area contributed by atoms with E-state index in [0.29, 0.717) is 11.3 Å². The number of benzene rings is 1. The minimum Gasteiger partial charge on any atom is -0.306 e. The van der Waals surface area contributed by atoms with Gasteiger partial charge < -0.3 is 5.32 Å². The highest BCUT2D eigenvalue weighted by atomic mass is 16.2. The van der Waals surface area contributed by atoms with Crippen molar-refractivity contribution in [2.75, 3.05) is 5.32 Å². The molecule has 0 aliphatic rings. The first-order chi connectivity index (χ1) is 7.79. The molecular weight excluding hydrogens is 204 g/mol. The molecule has 16 heavy (non-hydrogen) atoms. The van der Waals surface area contributed by atoms with Crippen LogP contribution in [0.4, 0.5) is 10.5 Å². The van der Waals surface area contributed by atoms with Crippen LogP contribution in [0, 0.1) is 11.3 Å². The average molecular weight is 212 g/mol. The van der Waals surface area contributed by atoms with Gasteiger partial charge in [-0.15, -0.1) is 0 Å². The van der Waals surface area contributed by atoms with E-state index in [0.717, 1.165) is 0 Å². The quantitative estimate of drug-likeness (QED) is 0.783. The summed E-state index contributed by atoms with van der Waals surface area (Å²) in [5.41, 5.74) is 1.18. The average Bonchev–Trinajstić information content (AvgIpc) is 2.83. The van der Waals surface area contributed by atoms with Crippen LogP contribution in [0.2, 0.25) is 0 Å². The molecule has 1 aromatic carbocycles. The van der Waals surface area contributed by atoms with Crippen molar-refractivity contribution in [3.8, 4) is 6.07 Å². The Morgan fingerprint density at radius 1 is 1.38 bits per heavy atom. The van der Waals surface area contributed by atoms with Crippen LogP contribution in [0.3, 0.4) is 0 Å². The number of hydrogen-bond donors (Lipinski definition) is 1. The van der Waals surface area contributed by atoms with Crippen molar-refractivity contribution in [2.45, 2.75) is 0 Å². The molecule has 0 spiro atoms. The van der Waals surface area contributed by atoms with Crippen molar-refractivity contribution < 1.29 is 4.79 Å². The minimum absolute atomic E-state index is 0.338. The number of nitrogens with zero attached hydrogens (tertiary/aromatic N) is 3. The summed E-state index contributed by atoms with van der Waals surface area (Å²) >= 11 is 0. The van der Waals surface area contributed by atoms with Crippen LogP contribution >= 0.6 is 0 Å². The standard InChI is InChI=1S/C11H8N4O/c12-8-9-2-4-10(5-3-9)14-11(16)15-7-1-6-13-15/h1-7H,(H,14,16). The van der Waals surface area contributed by atoms with E-state index in [9.17, 15) is 4.79 Å². The summed E-state index contributed by atoms with van der Waals surface area (Å²) in [7, 11) is 0. The van der Waals surface area contributed by atoms with E-state index >= 15 is 0 Å². The summed E-state index contributed by atoms with van der Waals surface area (Å²) in [5.74, 6) is 0. The second-order valence-electron chi connectivity index (χ2n) is 3.07. The predicted octanol–water partition coefficient (Wildman–Crippen LogP) is 1.83. The molecule has 0 bridgehead atoms. The first-order valence-corrected chi connectivity index (χ1v) is 4.61. The van der Waals surface area contributed by atoms with Gasteiger partial charge in [0.25, 0.3) is 0 Å². The van der Waals surface area contributed by atoms with Crippen LogP contribution in [0.5, 0.6) is 0 Å². The Kier molecular flexibility index (Phi) is 2.65. The molecule has 0 fully saturated rings. The van der Waals surface area contributed by atoms with Gasteiger partial charge in [-0.25, -0.2) is 4.79 Å². The van der Waals surface area contributed by atoms with E-state index in [1.54, 1.807) is 36.5 Å². The van der Waals surface area contributed by atoms with Crippen molar-refractivity contribution in [3.05, 3.63) is 48.3 Å². The van der Waals surface area contributed by atoms with Crippen LogP contribution in [0.25, 0.3) is 0 Å². The molecule has 0 atom stereocenters. The fourth-order valence-electron chi connectivity index (χ4n) is 1.20. The highest BCUT2D eigenvalue weighted by Gasteiger charge is 2.03. The van der Waals surface area contributed by atoms with Crippen LogP contribution < -0.4 is 5.32 Å². The third-order valence-electron chi connectivity index (χ3n) is 1.98. The normalized spacial score (nSPS) is 9.44. The molecule has 1 heterocycles. The number of nitrogens with one attached hydrogen (secondary N) is 1. The highest BCUT2D eigenvalue weighted by molar-refractivity contribution is 5.90. The van der Waals surface area contributed by atoms with E-state index in [1.807, 2.05) is 6.07 Å². The van der Waals surface area contributed by atoms with E-state index in [-0.39, 0.29) is 6.03 Å². The summed E-state index contributed by atoms with van der Waals surface area (Å²) in [4.78, 5) is 11.6. The summed E-state index contributed by atoms with van der Waals surface area (Å²) in [6.07, 6.45) is 3.08. The first-order valence-electron chi connectivity index (χ1n) is 4.61. The zero-order valence-corrected chi connectivity index (χ0v) is 8.29. The van der Waals surface area contributed by atoms with Gasteiger partial charge in [-0.2, -0.15) is 15.0 Å². The van der Waals surface area contributed by atoms with Crippen molar-refractivity contribution in [1.82, 2.24) is 9.78 Å². The molecule has 0 radical (unpaired) electrons. The number of hydrogen-bond acceptors (Lipinski definition) is 3. The smallest absolute Gasteiger partial charge is 0.306 e. The van der Waals surface area contributed by atoms with Crippen molar-refractivity contribution in [1.29, 1.82) is 5.26 Å². The Hall–Kier alpha value is -2.61. The molecule has 1 N–H and O–H groups in total. The molecule has 1 aromatic heterocycles. The van der Waals surface area contributed by atoms with Crippen LogP contribution in [-0.2, 0) is 0 Å². The number of carbonyl (C=O) groups is 1. The summed E-state index contributed by atoms with van der Waals surface area (Å²) in [6.45, 7) is 0. The molecule has 5 heteroatoms. The van der Waals surface area contributed by atoms with Crippen LogP contribution in [0.15, 0.2) is 42.7 Å². The molecule has 1 amide bonds. The van der Waals surface area contributed by atoms with Gasteiger partial charge in [0.2, 0.25) is 0 Å². The first kappa shape index (κ1) is 9.93. The molecule has 2 aromatic rings. The van der Waals surface area contributed by atoms with Gasteiger partial charge in [-0.05, 0) is 30.3 Å². The monoisotopic (exact) mass is 212 g/mol. The number of anilines is 1. The third kappa shape index (κ3) is 2.07. The van der Waals surface area contributed by atoms with E-state index in [1.165, 1.54) is 10.9 Å². The summed E-state index contributed by atoms with van der Waals surface area (Å²) in [6, 6.07) is 9.94. The largest absolute Gasteiger partial charge is 0.346 e. The summed E-state index contributed by atoms with van der Waals surface area (Å²) in [5, 5.41) is 15.1. The maximum atomic E-state index is 11.6. The Balaban J connectivity index is 2.10. The molecule has 0 aliphatic heterocycles. The van der Waals surface area contributed by atoms with Gasteiger partial charge in [0.05, 0.1) is 11.6 Å². The number of carbonyl (C=O) groups excluding carboxylic acids is 1. The van der Waals surface area contributed by atoms with Crippen molar-refractivity contribution >= 4 is 11.7 Å². The van der Waals surface area contributed by atoms with E-state index < -0.39 is 0 Å². The fraction of sp³-hybridized carbons (Fsp3) is 0. The van der Waals surface area contributed by atoms with Gasteiger partial charge >= 0.3 is 6.03 Å². The lowest BCUT2D eigenvalue weighted by Crippen LogP contribution is -2.19. The number of aromatic nitrogens is 2. The molecule has 0 unspecified atom stereocenters. The third-order valence-corrected chi connectivity index (χ3v) is 1.98. The molecule has 0 aliphatic carbocycles. The Morgan fingerprint density at radius 2 is 2.12 bits per heavy atom. The molecule has 5 nitrogen and oxygen atoms in total. The van der Waals surface area contributed by atoms with Gasteiger partial charge in [-0.1, -0.05) is 0 Å². The lowest BCUT2D eigenvalue weighted by atomic mass is 10.2. The molecule has 2 rings (SSSR count). The molecule has 78 valence electrons. The fourth-order valence-corrected chi connectivity index (χ4v) is 1.20. The second-order valence-corrected chi connectivity index (χ2v) is 3.07. The lowest BCUT2D eigenvalue weighted by molar-refractivity contribution is 0.251. The molecule has 0 saturated heterocycles. The van der Waals surface area contributed by atoms with Crippen molar-refractivity contribution in [3.63, 3.8) is 0 Å². The Morgan fingerprint density at radius 3 is 2.69 bits per heavy atom. The maximum absolute atomic E-state index is 11.6. The SMILES string of the molecule is N#Cc1ccc(NC(=O)n2cccn2)cc1. The number of amides is 1. The van der Waals surface area contributed by atoms with Gasteiger partial charge in [0.15, 0.2) is 0 Å². The van der Waals surface area contributed by atoms with Gasteiger partial charge in [0, 0.05) is 18.1 Å². The maximum Gasteiger partial charge on any atom is 0.346 e. The van der Waals surface area contributed by atoms with Gasteiger partial charge in [-0.3, -0.25) is 0 Å². The Bertz CT molecular complexity index is 522. The van der Waals surface area contributed by atoms with Crippen LogP contribution in [-0.4, -0.2) is 15.8 Å². The van der Waals surface area contributed by atoms with Crippen LogP contribution in [0.1, 0.15) is 5.56 Å². The number of rotatable bonds is 1. The van der Waals surface area contributed by atoms with Gasteiger partial charge in [0.1, 0.15) is 0 Å². The Labute approximate surface area is 91.9 Å². The number of nitriles is 1. The second kappa shape index (κ2) is 4.28. The topological polar surface area (TPSA) is 70.7 Å².